The van der Waals surface area contributed by atoms with Crippen molar-refractivity contribution in [3.05, 3.63) is 17.6 Å². The fourth-order valence-electron chi connectivity index (χ4n) is 2.04. The first kappa shape index (κ1) is 16.9. The molecule has 114 valence electrons. The molecule has 5 heteroatoms. The number of hydrogen-bond acceptors (Lipinski definition) is 5. The molecule has 0 aromatic carbocycles. The van der Waals surface area contributed by atoms with Gasteiger partial charge in [0.25, 0.3) is 0 Å². The minimum Gasteiger partial charge on any atom is -0.396 e. The van der Waals surface area contributed by atoms with Crippen molar-refractivity contribution in [1.82, 2.24) is 14.9 Å². The van der Waals surface area contributed by atoms with E-state index in [-0.39, 0.29) is 6.61 Å². The SMILES string of the molecule is CCCNc1cc(C)nc(CN(C)CCCCCO)n1. The zero-order valence-corrected chi connectivity index (χ0v) is 13.0. The lowest BCUT2D eigenvalue weighted by molar-refractivity contribution is 0.269. The number of aliphatic hydroxyl groups is 1. The zero-order valence-electron chi connectivity index (χ0n) is 13.0. The van der Waals surface area contributed by atoms with Crippen molar-refractivity contribution in [1.29, 1.82) is 0 Å². The van der Waals surface area contributed by atoms with E-state index in [0.29, 0.717) is 0 Å². The summed E-state index contributed by atoms with van der Waals surface area (Å²) in [5.74, 6) is 1.79. The van der Waals surface area contributed by atoms with Crippen molar-refractivity contribution in [2.75, 3.05) is 32.1 Å². The summed E-state index contributed by atoms with van der Waals surface area (Å²) in [5, 5.41) is 12.1. The maximum atomic E-state index is 8.76. The highest BCUT2D eigenvalue weighted by Crippen LogP contribution is 2.08. The number of anilines is 1. The Hall–Kier alpha value is -1.20. The van der Waals surface area contributed by atoms with Gasteiger partial charge in [0, 0.05) is 24.9 Å². The van der Waals surface area contributed by atoms with Crippen LogP contribution in [-0.2, 0) is 6.54 Å². The molecule has 0 saturated carbocycles. The number of aryl methyl sites for hydroxylation is 1. The Balaban J connectivity index is 2.47. The number of aromatic nitrogens is 2. The highest BCUT2D eigenvalue weighted by atomic mass is 16.2. The molecule has 0 aliphatic carbocycles. The predicted molar refractivity (Wildman–Crippen MR) is 82.8 cm³/mol. The van der Waals surface area contributed by atoms with Gasteiger partial charge in [-0.3, -0.25) is 4.90 Å². The summed E-state index contributed by atoms with van der Waals surface area (Å²) < 4.78 is 0. The highest BCUT2D eigenvalue weighted by molar-refractivity contribution is 5.35. The van der Waals surface area contributed by atoms with E-state index in [0.717, 1.165) is 62.7 Å². The van der Waals surface area contributed by atoms with Crippen LogP contribution in [0.2, 0.25) is 0 Å². The molecule has 0 atom stereocenters. The minimum atomic E-state index is 0.289. The number of nitrogens with zero attached hydrogens (tertiary/aromatic N) is 3. The Morgan fingerprint density at radius 3 is 2.75 bits per heavy atom. The molecule has 0 unspecified atom stereocenters. The van der Waals surface area contributed by atoms with Gasteiger partial charge in [0.15, 0.2) is 0 Å². The molecular weight excluding hydrogens is 252 g/mol. The number of unbranched alkanes of at least 4 members (excludes halogenated alkanes) is 2. The summed E-state index contributed by atoms with van der Waals surface area (Å²) >= 11 is 0. The second-order valence-electron chi connectivity index (χ2n) is 5.26. The van der Waals surface area contributed by atoms with Gasteiger partial charge in [-0.25, -0.2) is 9.97 Å². The topological polar surface area (TPSA) is 61.3 Å². The van der Waals surface area contributed by atoms with Gasteiger partial charge in [-0.2, -0.15) is 0 Å². The van der Waals surface area contributed by atoms with Gasteiger partial charge in [-0.1, -0.05) is 6.92 Å². The van der Waals surface area contributed by atoms with Gasteiger partial charge in [0.05, 0.1) is 6.54 Å². The molecule has 1 heterocycles. The van der Waals surface area contributed by atoms with Crippen molar-refractivity contribution in [2.45, 2.75) is 46.1 Å². The van der Waals surface area contributed by atoms with Gasteiger partial charge < -0.3 is 10.4 Å². The van der Waals surface area contributed by atoms with E-state index in [1.807, 2.05) is 13.0 Å². The van der Waals surface area contributed by atoms with Crippen molar-refractivity contribution in [2.24, 2.45) is 0 Å². The summed E-state index contributed by atoms with van der Waals surface area (Å²) in [6, 6.07) is 1.99. The van der Waals surface area contributed by atoms with Gasteiger partial charge in [0.2, 0.25) is 0 Å². The summed E-state index contributed by atoms with van der Waals surface area (Å²) in [6.45, 7) is 7.15. The first-order valence-corrected chi connectivity index (χ1v) is 7.53. The van der Waals surface area contributed by atoms with E-state index in [4.69, 9.17) is 5.11 Å². The average Bonchev–Trinajstić information content (AvgIpc) is 2.41. The summed E-state index contributed by atoms with van der Waals surface area (Å²) in [7, 11) is 2.09. The largest absolute Gasteiger partial charge is 0.396 e. The lowest BCUT2D eigenvalue weighted by Gasteiger charge is -2.16. The fraction of sp³-hybridized carbons (Fsp3) is 0.733. The van der Waals surface area contributed by atoms with E-state index in [2.05, 4.69) is 34.2 Å². The van der Waals surface area contributed by atoms with Gasteiger partial charge in [-0.05, 0) is 46.2 Å². The summed E-state index contributed by atoms with van der Waals surface area (Å²) in [6.07, 6.45) is 4.14. The van der Waals surface area contributed by atoms with Crippen LogP contribution in [0.5, 0.6) is 0 Å². The fourth-order valence-corrected chi connectivity index (χ4v) is 2.04. The molecule has 0 bridgehead atoms. The number of nitrogens with one attached hydrogen (secondary N) is 1. The lowest BCUT2D eigenvalue weighted by atomic mass is 10.2. The Morgan fingerprint density at radius 2 is 2.05 bits per heavy atom. The minimum absolute atomic E-state index is 0.289. The quantitative estimate of drug-likeness (QED) is 0.643. The first-order chi connectivity index (χ1) is 9.65. The van der Waals surface area contributed by atoms with Crippen LogP contribution in [0.15, 0.2) is 6.07 Å². The molecular formula is C15H28N4O. The average molecular weight is 280 g/mol. The molecule has 0 radical (unpaired) electrons. The Kier molecular flexibility index (Phi) is 8.14. The monoisotopic (exact) mass is 280 g/mol. The first-order valence-electron chi connectivity index (χ1n) is 7.53. The molecule has 0 aliphatic rings. The molecule has 0 aliphatic heterocycles. The second kappa shape index (κ2) is 9.66. The predicted octanol–water partition coefficient (Wildman–Crippen LogP) is 2.20. The Bertz CT molecular complexity index is 384. The van der Waals surface area contributed by atoms with Gasteiger partial charge >= 0.3 is 0 Å². The van der Waals surface area contributed by atoms with Crippen LogP contribution in [0.1, 0.15) is 44.1 Å². The number of rotatable bonds is 10. The molecule has 1 rings (SSSR count). The second-order valence-corrected chi connectivity index (χ2v) is 5.26. The summed E-state index contributed by atoms with van der Waals surface area (Å²) in [4.78, 5) is 11.3. The van der Waals surface area contributed by atoms with E-state index in [9.17, 15) is 0 Å². The third-order valence-corrected chi connectivity index (χ3v) is 3.07. The molecule has 0 saturated heterocycles. The Labute approximate surface area is 122 Å². The van der Waals surface area contributed by atoms with E-state index in [1.54, 1.807) is 0 Å². The van der Waals surface area contributed by atoms with Crippen LogP contribution in [0, 0.1) is 6.92 Å². The molecule has 20 heavy (non-hydrogen) atoms. The zero-order chi connectivity index (χ0) is 14.8. The molecule has 0 spiro atoms. The molecule has 2 N–H and O–H groups in total. The third-order valence-electron chi connectivity index (χ3n) is 3.07. The smallest absolute Gasteiger partial charge is 0.144 e. The normalized spacial score (nSPS) is 11.1. The molecule has 1 aromatic rings. The highest BCUT2D eigenvalue weighted by Gasteiger charge is 2.05. The van der Waals surface area contributed by atoms with Crippen LogP contribution < -0.4 is 5.32 Å². The summed E-state index contributed by atoms with van der Waals surface area (Å²) in [5.41, 5.74) is 1.00. The van der Waals surface area contributed by atoms with Crippen molar-refractivity contribution >= 4 is 5.82 Å². The maximum Gasteiger partial charge on any atom is 0.144 e. The maximum absolute atomic E-state index is 8.76. The molecule has 0 amide bonds. The van der Waals surface area contributed by atoms with Crippen LogP contribution in [0.25, 0.3) is 0 Å². The number of hydrogen-bond donors (Lipinski definition) is 2. The third kappa shape index (κ3) is 6.82. The van der Waals surface area contributed by atoms with Crippen molar-refractivity contribution < 1.29 is 5.11 Å². The molecule has 5 nitrogen and oxygen atoms in total. The lowest BCUT2D eigenvalue weighted by Crippen LogP contribution is -2.21. The van der Waals surface area contributed by atoms with Crippen molar-refractivity contribution in [3.8, 4) is 0 Å². The standard InChI is InChI=1S/C15H28N4O/c1-4-8-16-14-11-13(2)17-15(18-14)12-19(3)9-6-5-7-10-20/h11,20H,4-10,12H2,1-3H3,(H,16,17,18). The van der Waals surface area contributed by atoms with Crippen LogP contribution in [0.4, 0.5) is 5.82 Å². The van der Waals surface area contributed by atoms with E-state index >= 15 is 0 Å². The van der Waals surface area contributed by atoms with Crippen LogP contribution in [-0.4, -0.2) is 46.7 Å². The van der Waals surface area contributed by atoms with Crippen LogP contribution in [0.3, 0.4) is 0 Å². The van der Waals surface area contributed by atoms with Gasteiger partial charge in [-0.15, -0.1) is 0 Å². The molecule has 1 aromatic heterocycles. The van der Waals surface area contributed by atoms with Gasteiger partial charge in [0.1, 0.15) is 11.6 Å². The Morgan fingerprint density at radius 1 is 1.25 bits per heavy atom. The van der Waals surface area contributed by atoms with E-state index < -0.39 is 0 Å². The molecule has 0 fully saturated rings. The van der Waals surface area contributed by atoms with Crippen LogP contribution >= 0.6 is 0 Å². The van der Waals surface area contributed by atoms with E-state index in [1.165, 1.54) is 0 Å². The van der Waals surface area contributed by atoms with Crippen molar-refractivity contribution in [3.63, 3.8) is 0 Å². The number of aliphatic hydroxyl groups excluding tert-OH is 1.